The molecule has 8 heteroatoms. The van der Waals surface area contributed by atoms with Crippen molar-refractivity contribution in [3.8, 4) is 11.6 Å². The Morgan fingerprint density at radius 2 is 1.93 bits per heavy atom. The molecule has 0 saturated carbocycles. The number of amides is 1. The predicted molar refractivity (Wildman–Crippen MR) is 95.5 cm³/mol. The summed E-state index contributed by atoms with van der Waals surface area (Å²) >= 11 is 0. The van der Waals surface area contributed by atoms with Crippen molar-refractivity contribution in [2.24, 2.45) is 0 Å². The minimum atomic E-state index is -2.68. The summed E-state index contributed by atoms with van der Waals surface area (Å²) in [5.41, 5.74) is 1.21. The Morgan fingerprint density at radius 3 is 2.59 bits per heavy atom. The molecule has 0 atom stereocenters. The molecular weight excluding hydrogens is 354 g/mol. The third-order valence-corrected chi connectivity index (χ3v) is 4.77. The van der Waals surface area contributed by atoms with Crippen molar-refractivity contribution < 1.29 is 18.3 Å². The summed E-state index contributed by atoms with van der Waals surface area (Å²) in [7, 11) is 1.59. The van der Waals surface area contributed by atoms with Crippen molar-refractivity contribution in [1.82, 2.24) is 19.7 Å². The first-order valence-electron chi connectivity index (χ1n) is 8.62. The molecule has 0 unspecified atom stereocenters. The van der Waals surface area contributed by atoms with E-state index in [0.29, 0.717) is 17.1 Å². The number of carbonyl (C=O) groups excluding carboxylic acids is 1. The van der Waals surface area contributed by atoms with Crippen LogP contribution in [-0.2, 0) is 0 Å². The highest BCUT2D eigenvalue weighted by atomic mass is 19.3. The fraction of sp³-hybridized carbons (Fsp3) is 0.316. The molecule has 0 spiro atoms. The number of ether oxygens (including phenoxy) is 1. The molecule has 1 aromatic carbocycles. The topological polar surface area (TPSA) is 60.3 Å². The molecule has 1 amide bonds. The van der Waals surface area contributed by atoms with E-state index in [1.54, 1.807) is 30.1 Å². The molecule has 1 saturated heterocycles. The van der Waals surface area contributed by atoms with E-state index in [9.17, 15) is 13.6 Å². The Bertz CT molecular complexity index is 975. The second-order valence-electron chi connectivity index (χ2n) is 6.53. The van der Waals surface area contributed by atoms with Crippen LogP contribution in [0, 0.1) is 0 Å². The maximum absolute atomic E-state index is 13.3. The van der Waals surface area contributed by atoms with Gasteiger partial charge in [-0.3, -0.25) is 4.79 Å². The van der Waals surface area contributed by atoms with Gasteiger partial charge in [0.05, 0.1) is 24.4 Å². The number of halogens is 2. The fourth-order valence-electron chi connectivity index (χ4n) is 3.17. The summed E-state index contributed by atoms with van der Waals surface area (Å²) in [6.45, 7) is 0.106. The Balaban J connectivity index is 1.57. The number of methoxy groups -OCH3 is 1. The summed E-state index contributed by atoms with van der Waals surface area (Å²) in [6, 6.07) is 8.95. The second kappa shape index (κ2) is 6.61. The van der Waals surface area contributed by atoms with Gasteiger partial charge in [-0.1, -0.05) is 0 Å². The molecule has 6 nitrogen and oxygen atoms in total. The Kier molecular flexibility index (Phi) is 4.25. The van der Waals surface area contributed by atoms with Crippen molar-refractivity contribution in [2.75, 3.05) is 20.2 Å². The molecule has 1 fully saturated rings. The SMILES string of the molecule is COc1ccc2cnn(-c3ccc(C(=O)N4CCC(F)(F)CC4)cn3)c2c1. The lowest BCUT2D eigenvalue weighted by Gasteiger charge is -2.31. The van der Waals surface area contributed by atoms with Crippen LogP contribution < -0.4 is 4.74 Å². The number of fused-ring (bicyclic) bond motifs is 1. The standard InChI is InChI=1S/C19H18F2N4O2/c1-27-15-4-2-13-12-23-25(16(13)10-15)17-5-3-14(11-22-17)18(26)24-8-6-19(20,21)7-9-24/h2-5,10-12H,6-9H2,1H3. The molecule has 0 N–H and O–H groups in total. The second-order valence-corrected chi connectivity index (χ2v) is 6.53. The molecule has 140 valence electrons. The summed E-state index contributed by atoms with van der Waals surface area (Å²) in [5.74, 6) is -1.70. The Morgan fingerprint density at radius 1 is 1.15 bits per heavy atom. The van der Waals surface area contributed by atoms with Crippen molar-refractivity contribution >= 4 is 16.8 Å². The first kappa shape index (κ1) is 17.4. The highest BCUT2D eigenvalue weighted by Gasteiger charge is 2.35. The zero-order valence-electron chi connectivity index (χ0n) is 14.7. The molecule has 0 bridgehead atoms. The zero-order valence-corrected chi connectivity index (χ0v) is 14.7. The normalized spacial score (nSPS) is 16.5. The van der Waals surface area contributed by atoms with E-state index in [1.807, 2.05) is 18.2 Å². The number of nitrogens with zero attached hydrogens (tertiary/aromatic N) is 4. The number of aromatic nitrogens is 3. The summed E-state index contributed by atoms with van der Waals surface area (Å²) in [5, 5.41) is 5.28. The van der Waals surface area contributed by atoms with Gasteiger partial charge in [0.25, 0.3) is 11.8 Å². The van der Waals surface area contributed by atoms with E-state index in [0.717, 1.165) is 10.9 Å². The number of piperidine rings is 1. The zero-order chi connectivity index (χ0) is 19.0. The van der Waals surface area contributed by atoms with Gasteiger partial charge in [-0.05, 0) is 24.3 Å². The molecule has 3 aromatic rings. The highest BCUT2D eigenvalue weighted by Crippen LogP contribution is 2.28. The molecule has 27 heavy (non-hydrogen) atoms. The lowest BCUT2D eigenvalue weighted by atomic mass is 10.1. The fourth-order valence-corrected chi connectivity index (χ4v) is 3.17. The predicted octanol–water partition coefficient (Wildman–Crippen LogP) is 3.30. The number of likely N-dealkylation sites (tertiary alicyclic amines) is 1. The van der Waals surface area contributed by atoms with Crippen molar-refractivity contribution in [3.05, 3.63) is 48.3 Å². The third kappa shape index (κ3) is 3.34. The first-order valence-corrected chi connectivity index (χ1v) is 8.62. The molecular formula is C19H18F2N4O2. The van der Waals surface area contributed by atoms with Crippen molar-refractivity contribution in [1.29, 1.82) is 0 Å². The van der Waals surface area contributed by atoms with Gasteiger partial charge in [0.15, 0.2) is 5.82 Å². The average molecular weight is 372 g/mol. The number of rotatable bonds is 3. The minimum Gasteiger partial charge on any atom is -0.497 e. The molecule has 3 heterocycles. The number of pyridine rings is 1. The average Bonchev–Trinajstić information content (AvgIpc) is 3.10. The van der Waals surface area contributed by atoms with Gasteiger partial charge < -0.3 is 9.64 Å². The summed E-state index contributed by atoms with van der Waals surface area (Å²) in [4.78, 5) is 18.3. The monoisotopic (exact) mass is 372 g/mol. The van der Waals surface area contributed by atoms with Gasteiger partial charge in [-0.15, -0.1) is 0 Å². The van der Waals surface area contributed by atoms with Crippen LogP contribution in [0.3, 0.4) is 0 Å². The quantitative estimate of drug-likeness (QED) is 0.708. The van der Waals surface area contributed by atoms with E-state index in [-0.39, 0.29) is 31.8 Å². The van der Waals surface area contributed by atoms with Crippen LogP contribution in [0.4, 0.5) is 8.78 Å². The van der Waals surface area contributed by atoms with Gasteiger partial charge in [0.2, 0.25) is 0 Å². The molecule has 0 aliphatic carbocycles. The van der Waals surface area contributed by atoms with Gasteiger partial charge in [-0.25, -0.2) is 18.4 Å². The Labute approximate surface area is 154 Å². The number of alkyl halides is 2. The van der Waals surface area contributed by atoms with Crippen LogP contribution >= 0.6 is 0 Å². The van der Waals surface area contributed by atoms with Gasteiger partial charge in [0, 0.05) is 43.6 Å². The van der Waals surface area contributed by atoms with E-state index in [4.69, 9.17) is 4.74 Å². The van der Waals surface area contributed by atoms with Gasteiger partial charge in [0.1, 0.15) is 5.75 Å². The molecule has 1 aliphatic rings. The van der Waals surface area contributed by atoms with Crippen LogP contribution in [0.1, 0.15) is 23.2 Å². The van der Waals surface area contributed by atoms with E-state index in [2.05, 4.69) is 10.1 Å². The molecule has 1 aliphatic heterocycles. The van der Waals surface area contributed by atoms with E-state index >= 15 is 0 Å². The van der Waals surface area contributed by atoms with Crippen molar-refractivity contribution in [2.45, 2.75) is 18.8 Å². The number of carbonyl (C=O) groups is 1. The van der Waals surface area contributed by atoms with E-state index < -0.39 is 5.92 Å². The highest BCUT2D eigenvalue weighted by molar-refractivity contribution is 5.94. The Hall–Kier alpha value is -3.03. The largest absolute Gasteiger partial charge is 0.497 e. The van der Waals surface area contributed by atoms with Crippen LogP contribution in [0.25, 0.3) is 16.7 Å². The van der Waals surface area contributed by atoms with Crippen LogP contribution in [0.15, 0.2) is 42.7 Å². The molecule has 0 radical (unpaired) electrons. The van der Waals surface area contributed by atoms with E-state index in [1.165, 1.54) is 11.1 Å². The van der Waals surface area contributed by atoms with Gasteiger partial charge in [-0.2, -0.15) is 5.10 Å². The summed E-state index contributed by atoms with van der Waals surface area (Å²) < 4.78 is 33.4. The molecule has 4 rings (SSSR count). The van der Waals surface area contributed by atoms with Crippen LogP contribution in [0.2, 0.25) is 0 Å². The lowest BCUT2D eigenvalue weighted by molar-refractivity contribution is -0.0494. The van der Waals surface area contributed by atoms with Crippen LogP contribution in [-0.4, -0.2) is 51.7 Å². The molecule has 2 aromatic heterocycles. The lowest BCUT2D eigenvalue weighted by Crippen LogP contribution is -2.42. The number of hydrogen-bond donors (Lipinski definition) is 0. The smallest absolute Gasteiger partial charge is 0.255 e. The van der Waals surface area contributed by atoms with Gasteiger partial charge >= 0.3 is 0 Å². The van der Waals surface area contributed by atoms with Crippen molar-refractivity contribution in [3.63, 3.8) is 0 Å². The third-order valence-electron chi connectivity index (χ3n) is 4.77. The van der Waals surface area contributed by atoms with Crippen LogP contribution in [0.5, 0.6) is 5.75 Å². The summed E-state index contributed by atoms with van der Waals surface area (Å²) in [6.07, 6.45) is 2.58. The maximum Gasteiger partial charge on any atom is 0.255 e. The number of benzene rings is 1. The maximum atomic E-state index is 13.3. The number of hydrogen-bond acceptors (Lipinski definition) is 4. The first-order chi connectivity index (χ1) is 13.0. The minimum absolute atomic E-state index is 0.0528.